The number of aliphatic hydroxyl groups is 1. The fourth-order valence-corrected chi connectivity index (χ4v) is 5.41. The van der Waals surface area contributed by atoms with Crippen LogP contribution in [-0.4, -0.2) is 65.5 Å². The van der Waals surface area contributed by atoms with E-state index in [2.05, 4.69) is 10.3 Å². The number of carbonyl (C=O) groups excluding carboxylic acids is 2. The summed E-state index contributed by atoms with van der Waals surface area (Å²) in [5, 5.41) is 13.8. The first-order chi connectivity index (χ1) is 21.7. The number of carbonyl (C=O) groups is 2. The number of hydrogen-bond donors (Lipinski definition) is 4. The van der Waals surface area contributed by atoms with Crippen LogP contribution in [0.15, 0.2) is 101 Å². The molecule has 0 saturated carbocycles. The quantitative estimate of drug-likeness (QED) is 0.148. The standard InChI is InChI=1S/C32H32N4O9/c1-42-22-12-8-20(9-13-22)32(19-6-4-3-5-7-19,21-10-14-23(43-2)15-11-21)44-18-24-27(38)26(35-29(40)28(33)39)30(45-24)36-17-16-25(37)34-31(36)41/h3-17,24,26-27,30,38H,18H2,1-2H3,(H2,33,39)(H,35,40)(H,34,37,41)/t24-,26-,27-,30-/m1/s1. The lowest BCUT2D eigenvalue weighted by Crippen LogP contribution is -2.51. The molecule has 13 nitrogen and oxygen atoms in total. The molecule has 1 fully saturated rings. The monoisotopic (exact) mass is 616 g/mol. The van der Waals surface area contributed by atoms with E-state index in [1.165, 1.54) is 0 Å². The lowest BCUT2D eigenvalue weighted by Gasteiger charge is -2.37. The molecule has 5 rings (SSSR count). The van der Waals surface area contributed by atoms with Crippen molar-refractivity contribution in [3.05, 3.63) is 129 Å². The van der Waals surface area contributed by atoms with Gasteiger partial charge in [0.25, 0.3) is 5.56 Å². The molecule has 0 bridgehead atoms. The molecule has 13 heteroatoms. The van der Waals surface area contributed by atoms with Crippen molar-refractivity contribution in [2.45, 2.75) is 30.1 Å². The number of nitrogens with zero attached hydrogens (tertiary/aromatic N) is 1. The number of benzene rings is 3. The summed E-state index contributed by atoms with van der Waals surface area (Å²) in [5.41, 5.74) is 4.57. The first-order valence-electron chi connectivity index (χ1n) is 13.9. The molecule has 0 radical (unpaired) electrons. The van der Waals surface area contributed by atoms with Crippen LogP contribution in [0.2, 0.25) is 0 Å². The Morgan fingerprint density at radius 3 is 1.98 bits per heavy atom. The van der Waals surface area contributed by atoms with Crippen molar-refractivity contribution in [2.24, 2.45) is 5.73 Å². The van der Waals surface area contributed by atoms with E-state index in [0.29, 0.717) is 11.5 Å². The molecule has 2 heterocycles. The number of primary amides is 1. The van der Waals surface area contributed by atoms with Crippen LogP contribution in [0.3, 0.4) is 0 Å². The molecule has 0 aliphatic carbocycles. The molecule has 3 aromatic carbocycles. The number of ether oxygens (including phenoxy) is 4. The molecule has 1 saturated heterocycles. The third-order valence-electron chi connectivity index (χ3n) is 7.65. The molecule has 0 unspecified atom stereocenters. The van der Waals surface area contributed by atoms with Crippen LogP contribution in [0.1, 0.15) is 22.9 Å². The summed E-state index contributed by atoms with van der Waals surface area (Å²) in [4.78, 5) is 50.4. The van der Waals surface area contributed by atoms with E-state index in [9.17, 15) is 24.3 Å². The number of aromatic nitrogens is 2. The van der Waals surface area contributed by atoms with Crippen LogP contribution in [0.5, 0.6) is 11.5 Å². The highest BCUT2D eigenvalue weighted by atomic mass is 16.6. The zero-order valence-electron chi connectivity index (χ0n) is 24.4. The molecule has 0 spiro atoms. The van der Waals surface area contributed by atoms with Gasteiger partial charge < -0.3 is 35.1 Å². The number of nitrogens with two attached hydrogens (primary N) is 1. The van der Waals surface area contributed by atoms with Crippen molar-refractivity contribution in [3.63, 3.8) is 0 Å². The van der Waals surface area contributed by atoms with Gasteiger partial charge in [-0.3, -0.25) is 23.9 Å². The Hall–Kier alpha value is -5.24. The maximum Gasteiger partial charge on any atom is 0.330 e. The Kier molecular flexibility index (Phi) is 9.13. The molecular weight excluding hydrogens is 584 g/mol. The van der Waals surface area contributed by atoms with Gasteiger partial charge in [0.15, 0.2) is 6.23 Å². The average Bonchev–Trinajstić information content (AvgIpc) is 3.36. The minimum absolute atomic E-state index is 0.258. The molecular formula is C32H32N4O9. The number of aliphatic hydroxyl groups excluding tert-OH is 1. The summed E-state index contributed by atoms with van der Waals surface area (Å²) in [6, 6.07) is 23.8. The first kappa shape index (κ1) is 31.2. The third-order valence-corrected chi connectivity index (χ3v) is 7.65. The molecule has 4 atom stereocenters. The second-order valence-corrected chi connectivity index (χ2v) is 10.3. The van der Waals surface area contributed by atoms with E-state index >= 15 is 0 Å². The molecule has 1 aromatic heterocycles. The fourth-order valence-electron chi connectivity index (χ4n) is 5.41. The van der Waals surface area contributed by atoms with Crippen molar-refractivity contribution in [1.29, 1.82) is 0 Å². The SMILES string of the molecule is COc1ccc(C(OC[C@H]2O[C@@H](n3ccc(=O)[nH]c3=O)[C@H](NC(=O)C(N)=O)[C@@H]2O)(c2ccccc2)c2ccc(OC)cc2)cc1. The number of hydrogen-bond acceptors (Lipinski definition) is 9. The largest absolute Gasteiger partial charge is 0.497 e. The summed E-state index contributed by atoms with van der Waals surface area (Å²) in [5.74, 6) is -1.22. The smallest absolute Gasteiger partial charge is 0.330 e. The van der Waals surface area contributed by atoms with Crippen LogP contribution in [0.25, 0.3) is 0 Å². The zero-order chi connectivity index (χ0) is 32.1. The molecule has 2 amide bonds. The molecule has 1 aliphatic heterocycles. The van der Waals surface area contributed by atoms with E-state index in [0.717, 1.165) is 33.5 Å². The van der Waals surface area contributed by atoms with Crippen LogP contribution in [0.4, 0.5) is 0 Å². The highest BCUT2D eigenvalue weighted by Crippen LogP contribution is 2.42. The van der Waals surface area contributed by atoms with Crippen molar-refractivity contribution in [1.82, 2.24) is 14.9 Å². The summed E-state index contributed by atoms with van der Waals surface area (Å²) in [6.45, 7) is -0.258. The van der Waals surface area contributed by atoms with Gasteiger partial charge in [-0.15, -0.1) is 0 Å². The van der Waals surface area contributed by atoms with Gasteiger partial charge in [0.05, 0.1) is 20.8 Å². The Morgan fingerprint density at radius 1 is 0.911 bits per heavy atom. The number of aromatic amines is 1. The Bertz CT molecular complexity index is 1710. The summed E-state index contributed by atoms with van der Waals surface area (Å²) < 4.78 is 24.7. The van der Waals surface area contributed by atoms with E-state index in [-0.39, 0.29) is 6.61 Å². The maximum absolute atomic E-state index is 12.7. The van der Waals surface area contributed by atoms with Crippen molar-refractivity contribution in [2.75, 3.05) is 20.8 Å². The number of nitrogens with one attached hydrogen (secondary N) is 2. The number of amides is 2. The first-order valence-corrected chi connectivity index (χ1v) is 13.9. The highest BCUT2D eigenvalue weighted by molar-refractivity contribution is 6.34. The van der Waals surface area contributed by atoms with Gasteiger partial charge in [0.2, 0.25) is 0 Å². The van der Waals surface area contributed by atoms with E-state index in [1.807, 2.05) is 54.6 Å². The van der Waals surface area contributed by atoms with E-state index < -0.39 is 53.1 Å². The van der Waals surface area contributed by atoms with Crippen LogP contribution < -0.4 is 31.8 Å². The van der Waals surface area contributed by atoms with Crippen molar-refractivity contribution < 1.29 is 33.6 Å². The minimum Gasteiger partial charge on any atom is -0.497 e. The predicted molar refractivity (Wildman–Crippen MR) is 161 cm³/mol. The Labute approximate surface area is 257 Å². The maximum atomic E-state index is 12.7. The lowest BCUT2D eigenvalue weighted by molar-refractivity contribution is -0.138. The lowest BCUT2D eigenvalue weighted by atomic mass is 9.80. The number of H-pyrrole nitrogens is 1. The molecule has 4 aromatic rings. The topological polar surface area (TPSA) is 184 Å². The number of methoxy groups -OCH3 is 2. The highest BCUT2D eigenvalue weighted by Gasteiger charge is 2.48. The summed E-state index contributed by atoms with van der Waals surface area (Å²) in [7, 11) is 3.13. The summed E-state index contributed by atoms with van der Waals surface area (Å²) in [6.07, 6.45) is -2.77. The minimum atomic E-state index is -1.47. The van der Waals surface area contributed by atoms with Gasteiger partial charge in [0.1, 0.15) is 35.3 Å². The molecule has 45 heavy (non-hydrogen) atoms. The van der Waals surface area contributed by atoms with Crippen LogP contribution >= 0.6 is 0 Å². The van der Waals surface area contributed by atoms with Gasteiger partial charge in [-0.25, -0.2) is 4.79 Å². The van der Waals surface area contributed by atoms with Gasteiger partial charge >= 0.3 is 17.5 Å². The van der Waals surface area contributed by atoms with E-state index in [4.69, 9.17) is 24.7 Å². The Balaban J connectivity index is 1.58. The van der Waals surface area contributed by atoms with E-state index in [1.54, 1.807) is 38.5 Å². The van der Waals surface area contributed by atoms with Crippen molar-refractivity contribution >= 4 is 11.8 Å². The normalized spacial score (nSPS) is 19.5. The summed E-state index contributed by atoms with van der Waals surface area (Å²) >= 11 is 0. The average molecular weight is 617 g/mol. The molecule has 1 aliphatic rings. The zero-order valence-corrected chi connectivity index (χ0v) is 24.4. The second-order valence-electron chi connectivity index (χ2n) is 10.3. The fraction of sp³-hybridized carbons (Fsp3) is 0.250. The Morgan fingerprint density at radius 2 is 1.47 bits per heavy atom. The molecule has 234 valence electrons. The van der Waals surface area contributed by atoms with Crippen LogP contribution in [0, 0.1) is 0 Å². The third kappa shape index (κ3) is 6.22. The van der Waals surface area contributed by atoms with Crippen molar-refractivity contribution in [3.8, 4) is 11.5 Å². The molecule has 5 N–H and O–H groups in total. The van der Waals surface area contributed by atoms with Crippen LogP contribution in [-0.2, 0) is 24.7 Å². The number of rotatable bonds is 10. The van der Waals surface area contributed by atoms with Gasteiger partial charge in [0, 0.05) is 12.3 Å². The predicted octanol–water partition coefficient (Wildman–Crippen LogP) is 0.791. The second kappa shape index (κ2) is 13.2. The van der Waals surface area contributed by atoms with Gasteiger partial charge in [-0.2, -0.15) is 0 Å². The van der Waals surface area contributed by atoms with Gasteiger partial charge in [-0.05, 0) is 41.0 Å². The van der Waals surface area contributed by atoms with Gasteiger partial charge in [-0.1, -0.05) is 54.6 Å².